The van der Waals surface area contributed by atoms with Gasteiger partial charge in [-0.2, -0.15) is 0 Å². The van der Waals surface area contributed by atoms with Crippen molar-refractivity contribution < 1.29 is 4.79 Å². The van der Waals surface area contributed by atoms with Gasteiger partial charge in [-0.15, -0.1) is 0 Å². The molecule has 0 saturated carbocycles. The maximum absolute atomic E-state index is 11.0. The fourth-order valence-corrected chi connectivity index (χ4v) is 2.08. The molecule has 1 heterocycles. The van der Waals surface area contributed by atoms with Gasteiger partial charge in [-0.3, -0.25) is 4.79 Å². The van der Waals surface area contributed by atoms with E-state index in [0.717, 1.165) is 12.8 Å². The highest BCUT2D eigenvalue weighted by Gasteiger charge is 2.20. The highest BCUT2D eigenvalue weighted by molar-refractivity contribution is 5.93. The highest BCUT2D eigenvalue weighted by Crippen LogP contribution is 2.29. The van der Waals surface area contributed by atoms with E-state index in [1.54, 1.807) is 6.07 Å². The van der Waals surface area contributed by atoms with E-state index in [2.05, 4.69) is 18.9 Å². The normalized spacial score (nSPS) is 19.9. The van der Waals surface area contributed by atoms with Gasteiger partial charge in [0.05, 0.1) is 0 Å². The summed E-state index contributed by atoms with van der Waals surface area (Å²) in [6, 6.07) is 6.28. The van der Waals surface area contributed by atoms with E-state index in [1.807, 2.05) is 12.1 Å². The van der Waals surface area contributed by atoms with E-state index < -0.39 is 0 Å². The van der Waals surface area contributed by atoms with E-state index in [9.17, 15) is 4.79 Å². The molecule has 1 amide bonds. The second-order valence-corrected chi connectivity index (χ2v) is 4.21. The zero-order valence-electron chi connectivity index (χ0n) is 9.16. The molecule has 1 aromatic rings. The van der Waals surface area contributed by atoms with Crippen LogP contribution in [-0.2, 0) is 6.42 Å². The molecule has 0 aliphatic carbocycles. The van der Waals surface area contributed by atoms with Crippen LogP contribution < -0.4 is 10.6 Å². The summed E-state index contributed by atoms with van der Waals surface area (Å²) in [4.78, 5) is 13.3. The number of primary amides is 1. The Kier molecular flexibility index (Phi) is 2.39. The van der Waals surface area contributed by atoms with Gasteiger partial charge in [0, 0.05) is 24.3 Å². The molecule has 2 N–H and O–H groups in total. The summed E-state index contributed by atoms with van der Waals surface area (Å²) in [5.41, 5.74) is 8.31. The van der Waals surface area contributed by atoms with Gasteiger partial charge in [0.15, 0.2) is 0 Å². The number of anilines is 1. The second-order valence-electron chi connectivity index (χ2n) is 4.21. The molecule has 1 aliphatic rings. The number of carbonyl (C=O) groups is 1. The monoisotopic (exact) mass is 204 g/mol. The standard InChI is InChI=1S/C12H16N2O/c1-8-3-4-9-7-10(12(13)15)5-6-11(9)14(8)2/h5-8H,3-4H2,1-2H3,(H2,13,15). The lowest BCUT2D eigenvalue weighted by Crippen LogP contribution is -2.33. The Hall–Kier alpha value is -1.51. The fraction of sp³-hybridized carbons (Fsp3) is 0.417. The fourth-order valence-electron chi connectivity index (χ4n) is 2.08. The molecule has 1 aromatic carbocycles. The molecule has 1 atom stereocenters. The first-order chi connectivity index (χ1) is 7.09. The van der Waals surface area contributed by atoms with E-state index in [0.29, 0.717) is 11.6 Å². The van der Waals surface area contributed by atoms with Crippen LogP contribution in [0.2, 0.25) is 0 Å². The molecular weight excluding hydrogens is 188 g/mol. The Bertz CT molecular complexity index is 401. The molecule has 1 unspecified atom stereocenters. The number of amides is 1. The third-order valence-electron chi connectivity index (χ3n) is 3.24. The summed E-state index contributed by atoms with van der Waals surface area (Å²) < 4.78 is 0. The lowest BCUT2D eigenvalue weighted by molar-refractivity contribution is 0.1000. The van der Waals surface area contributed by atoms with Gasteiger partial charge < -0.3 is 10.6 Å². The van der Waals surface area contributed by atoms with E-state index in [4.69, 9.17) is 5.73 Å². The number of hydrogen-bond donors (Lipinski definition) is 1. The van der Waals surface area contributed by atoms with Crippen LogP contribution in [0.5, 0.6) is 0 Å². The number of aryl methyl sites for hydroxylation is 1. The number of rotatable bonds is 1. The van der Waals surface area contributed by atoms with Crippen LogP contribution in [0.15, 0.2) is 18.2 Å². The predicted octanol–water partition coefficient (Wildman–Crippen LogP) is 1.56. The SMILES string of the molecule is CC1CCc2cc(C(N)=O)ccc2N1C. The molecule has 3 heteroatoms. The van der Waals surface area contributed by atoms with Crippen LogP contribution in [-0.4, -0.2) is 19.0 Å². The summed E-state index contributed by atoms with van der Waals surface area (Å²) in [5, 5.41) is 0. The van der Waals surface area contributed by atoms with Gasteiger partial charge in [0.25, 0.3) is 0 Å². The van der Waals surface area contributed by atoms with Crippen molar-refractivity contribution >= 4 is 11.6 Å². The average molecular weight is 204 g/mol. The zero-order chi connectivity index (χ0) is 11.0. The second kappa shape index (κ2) is 3.57. The molecule has 0 aromatic heterocycles. The van der Waals surface area contributed by atoms with Gasteiger partial charge in [0.2, 0.25) is 5.91 Å². The summed E-state index contributed by atoms with van der Waals surface area (Å²) >= 11 is 0. The minimum atomic E-state index is -0.348. The van der Waals surface area contributed by atoms with Crippen molar-refractivity contribution in [3.63, 3.8) is 0 Å². The van der Waals surface area contributed by atoms with Crippen LogP contribution >= 0.6 is 0 Å². The third kappa shape index (κ3) is 1.69. The smallest absolute Gasteiger partial charge is 0.248 e. The number of nitrogens with two attached hydrogens (primary N) is 1. The predicted molar refractivity (Wildman–Crippen MR) is 61.1 cm³/mol. The van der Waals surface area contributed by atoms with Crippen LogP contribution in [0.25, 0.3) is 0 Å². The lowest BCUT2D eigenvalue weighted by atomic mass is 9.95. The molecule has 15 heavy (non-hydrogen) atoms. The van der Waals surface area contributed by atoms with Crippen LogP contribution in [0.1, 0.15) is 29.3 Å². The van der Waals surface area contributed by atoms with E-state index in [-0.39, 0.29) is 5.91 Å². The Balaban J connectivity index is 2.42. The Morgan fingerprint density at radius 2 is 2.27 bits per heavy atom. The van der Waals surface area contributed by atoms with Gasteiger partial charge in [-0.05, 0) is 43.5 Å². The Morgan fingerprint density at radius 3 is 2.93 bits per heavy atom. The number of hydrogen-bond acceptors (Lipinski definition) is 2. The van der Waals surface area contributed by atoms with Gasteiger partial charge in [-0.25, -0.2) is 0 Å². The third-order valence-corrected chi connectivity index (χ3v) is 3.24. The van der Waals surface area contributed by atoms with Crippen LogP contribution in [0.4, 0.5) is 5.69 Å². The molecule has 1 aliphatic heterocycles. The first kappa shape index (κ1) is 10.0. The average Bonchev–Trinajstić information content (AvgIpc) is 2.23. The molecule has 80 valence electrons. The Morgan fingerprint density at radius 1 is 1.53 bits per heavy atom. The maximum atomic E-state index is 11.0. The number of carbonyl (C=O) groups excluding carboxylic acids is 1. The van der Waals surface area contributed by atoms with Crippen molar-refractivity contribution in [1.82, 2.24) is 0 Å². The largest absolute Gasteiger partial charge is 0.372 e. The molecule has 0 saturated heterocycles. The minimum absolute atomic E-state index is 0.348. The molecule has 0 fully saturated rings. The van der Waals surface area contributed by atoms with Crippen molar-refractivity contribution in [3.05, 3.63) is 29.3 Å². The summed E-state index contributed by atoms with van der Waals surface area (Å²) in [6.45, 7) is 2.21. The van der Waals surface area contributed by atoms with Crippen molar-refractivity contribution in [2.24, 2.45) is 5.73 Å². The van der Waals surface area contributed by atoms with Gasteiger partial charge >= 0.3 is 0 Å². The summed E-state index contributed by atoms with van der Waals surface area (Å²) in [5.74, 6) is -0.348. The van der Waals surface area contributed by atoms with Gasteiger partial charge in [0.1, 0.15) is 0 Å². The molecule has 2 rings (SSSR count). The van der Waals surface area contributed by atoms with Crippen molar-refractivity contribution in [3.8, 4) is 0 Å². The molecule has 0 spiro atoms. The first-order valence-corrected chi connectivity index (χ1v) is 5.25. The molecule has 0 radical (unpaired) electrons. The summed E-state index contributed by atoms with van der Waals surface area (Å²) in [7, 11) is 2.09. The number of nitrogens with zero attached hydrogens (tertiary/aromatic N) is 1. The minimum Gasteiger partial charge on any atom is -0.372 e. The van der Waals surface area contributed by atoms with Gasteiger partial charge in [-0.1, -0.05) is 0 Å². The molecule has 0 bridgehead atoms. The molecule has 3 nitrogen and oxygen atoms in total. The number of benzene rings is 1. The molecular formula is C12H16N2O. The van der Waals surface area contributed by atoms with Crippen molar-refractivity contribution in [1.29, 1.82) is 0 Å². The zero-order valence-corrected chi connectivity index (χ0v) is 9.16. The Labute approximate surface area is 89.9 Å². The van der Waals surface area contributed by atoms with Crippen LogP contribution in [0.3, 0.4) is 0 Å². The van der Waals surface area contributed by atoms with Crippen LogP contribution in [0, 0.1) is 0 Å². The summed E-state index contributed by atoms with van der Waals surface area (Å²) in [6.07, 6.45) is 2.16. The van der Waals surface area contributed by atoms with E-state index in [1.165, 1.54) is 11.3 Å². The van der Waals surface area contributed by atoms with Crippen molar-refractivity contribution in [2.45, 2.75) is 25.8 Å². The lowest BCUT2D eigenvalue weighted by Gasteiger charge is -2.34. The number of fused-ring (bicyclic) bond motifs is 1. The maximum Gasteiger partial charge on any atom is 0.248 e. The first-order valence-electron chi connectivity index (χ1n) is 5.25. The topological polar surface area (TPSA) is 46.3 Å². The van der Waals surface area contributed by atoms with E-state index >= 15 is 0 Å². The quantitative estimate of drug-likeness (QED) is 0.754. The highest BCUT2D eigenvalue weighted by atomic mass is 16.1. The van der Waals surface area contributed by atoms with Crippen molar-refractivity contribution in [2.75, 3.05) is 11.9 Å².